The monoisotopic (exact) mass is 242 g/mol. The molecule has 1 unspecified atom stereocenters. The van der Waals surface area contributed by atoms with Crippen LogP contribution >= 0.6 is 0 Å². The molecule has 1 aromatic carbocycles. The number of hydrogen-bond acceptors (Lipinski definition) is 2. The Morgan fingerprint density at radius 2 is 2.06 bits per heavy atom. The Bertz CT molecular complexity index is 500. The van der Waals surface area contributed by atoms with Gasteiger partial charge in [-0.3, -0.25) is 4.98 Å². The number of nitrogens with zero attached hydrogens (tertiary/aromatic N) is 1. The molecule has 0 fully saturated rings. The summed E-state index contributed by atoms with van der Waals surface area (Å²) in [5.74, 6) is 0.670. The number of aryl methyl sites for hydroxylation is 1. The molecule has 2 heteroatoms. The minimum atomic E-state index is 0.580. The summed E-state index contributed by atoms with van der Waals surface area (Å²) >= 11 is 0. The molecule has 2 aromatic rings. The molecule has 2 nitrogen and oxygen atoms in total. The van der Waals surface area contributed by atoms with E-state index in [1.54, 1.807) is 0 Å². The standard InChI is InChI=1S/C16H22N2/c1-12(2)16(17-3)8-7-13-5-4-6-14-9-10-18-11-15(13)14/h4-6,9-12,16-17H,7-8H2,1-3H3. The summed E-state index contributed by atoms with van der Waals surface area (Å²) in [5.41, 5.74) is 1.40. The van der Waals surface area contributed by atoms with Crippen LogP contribution in [0.4, 0.5) is 0 Å². The van der Waals surface area contributed by atoms with E-state index in [2.05, 4.69) is 55.5 Å². The average Bonchev–Trinajstić information content (AvgIpc) is 2.39. The summed E-state index contributed by atoms with van der Waals surface area (Å²) < 4.78 is 0. The third-order valence-corrected chi connectivity index (χ3v) is 3.67. The molecule has 0 aliphatic rings. The van der Waals surface area contributed by atoms with Crippen molar-refractivity contribution < 1.29 is 0 Å². The first-order valence-electron chi connectivity index (χ1n) is 6.71. The van der Waals surface area contributed by atoms with Gasteiger partial charge in [0.05, 0.1) is 0 Å². The lowest BCUT2D eigenvalue weighted by Crippen LogP contribution is -2.31. The third kappa shape index (κ3) is 2.88. The van der Waals surface area contributed by atoms with Gasteiger partial charge < -0.3 is 5.32 Å². The quantitative estimate of drug-likeness (QED) is 0.869. The summed E-state index contributed by atoms with van der Waals surface area (Å²) in [6, 6.07) is 9.17. The molecule has 0 radical (unpaired) electrons. The Balaban J connectivity index is 2.17. The first kappa shape index (κ1) is 13.0. The van der Waals surface area contributed by atoms with E-state index in [9.17, 15) is 0 Å². The van der Waals surface area contributed by atoms with Crippen LogP contribution in [-0.4, -0.2) is 18.1 Å². The number of rotatable bonds is 5. The molecule has 0 spiro atoms. The first-order valence-corrected chi connectivity index (χ1v) is 6.71. The number of benzene rings is 1. The van der Waals surface area contributed by atoms with E-state index in [1.807, 2.05) is 12.4 Å². The van der Waals surface area contributed by atoms with Crippen LogP contribution in [-0.2, 0) is 6.42 Å². The van der Waals surface area contributed by atoms with E-state index in [0.717, 1.165) is 6.42 Å². The summed E-state index contributed by atoms with van der Waals surface area (Å²) in [5, 5.41) is 5.98. The first-order chi connectivity index (χ1) is 8.72. The van der Waals surface area contributed by atoms with Gasteiger partial charge in [-0.25, -0.2) is 0 Å². The van der Waals surface area contributed by atoms with E-state index in [1.165, 1.54) is 22.8 Å². The van der Waals surface area contributed by atoms with Crippen LogP contribution in [0.25, 0.3) is 10.8 Å². The smallest absolute Gasteiger partial charge is 0.0349 e. The van der Waals surface area contributed by atoms with Crippen LogP contribution in [0.5, 0.6) is 0 Å². The van der Waals surface area contributed by atoms with Crippen molar-refractivity contribution in [2.24, 2.45) is 5.92 Å². The fourth-order valence-electron chi connectivity index (χ4n) is 2.52. The fourth-order valence-corrected chi connectivity index (χ4v) is 2.52. The Morgan fingerprint density at radius 1 is 1.22 bits per heavy atom. The summed E-state index contributed by atoms with van der Waals surface area (Å²) in [4.78, 5) is 4.24. The third-order valence-electron chi connectivity index (χ3n) is 3.67. The Kier molecular flexibility index (Phi) is 4.32. The van der Waals surface area contributed by atoms with Crippen molar-refractivity contribution in [2.75, 3.05) is 7.05 Å². The maximum Gasteiger partial charge on any atom is 0.0349 e. The normalized spacial score (nSPS) is 13.1. The van der Waals surface area contributed by atoms with Crippen molar-refractivity contribution in [1.82, 2.24) is 10.3 Å². The second-order valence-electron chi connectivity index (χ2n) is 5.19. The molecule has 1 aromatic heterocycles. The predicted molar refractivity (Wildman–Crippen MR) is 77.7 cm³/mol. The average molecular weight is 242 g/mol. The van der Waals surface area contributed by atoms with Gasteiger partial charge in [0.1, 0.15) is 0 Å². The zero-order valence-corrected chi connectivity index (χ0v) is 11.5. The zero-order valence-electron chi connectivity index (χ0n) is 11.5. The molecule has 0 saturated carbocycles. The summed E-state index contributed by atoms with van der Waals surface area (Å²) in [6.45, 7) is 4.54. The topological polar surface area (TPSA) is 24.9 Å². The van der Waals surface area contributed by atoms with Crippen molar-refractivity contribution in [3.8, 4) is 0 Å². The van der Waals surface area contributed by atoms with Crippen LogP contribution in [0.1, 0.15) is 25.8 Å². The van der Waals surface area contributed by atoms with Gasteiger partial charge in [-0.1, -0.05) is 32.0 Å². The molecule has 0 amide bonds. The molecule has 1 atom stereocenters. The van der Waals surface area contributed by atoms with E-state index in [-0.39, 0.29) is 0 Å². The van der Waals surface area contributed by atoms with Crippen molar-refractivity contribution in [2.45, 2.75) is 32.7 Å². The molecule has 0 aliphatic heterocycles. The van der Waals surface area contributed by atoms with Gasteiger partial charge in [0.2, 0.25) is 0 Å². The SMILES string of the molecule is CNC(CCc1cccc2ccncc12)C(C)C. The lowest BCUT2D eigenvalue weighted by atomic mass is 9.95. The largest absolute Gasteiger partial charge is 0.317 e. The molecular weight excluding hydrogens is 220 g/mol. The lowest BCUT2D eigenvalue weighted by molar-refractivity contribution is 0.403. The number of fused-ring (bicyclic) bond motifs is 1. The van der Waals surface area contributed by atoms with Gasteiger partial charge in [0, 0.05) is 23.8 Å². The molecule has 18 heavy (non-hydrogen) atoms. The van der Waals surface area contributed by atoms with Gasteiger partial charge in [0.15, 0.2) is 0 Å². The highest BCUT2D eigenvalue weighted by Gasteiger charge is 2.11. The molecule has 96 valence electrons. The molecule has 0 aliphatic carbocycles. The van der Waals surface area contributed by atoms with Crippen molar-refractivity contribution in [1.29, 1.82) is 0 Å². The lowest BCUT2D eigenvalue weighted by Gasteiger charge is -2.20. The fraction of sp³-hybridized carbons (Fsp3) is 0.438. The van der Waals surface area contributed by atoms with Gasteiger partial charge >= 0.3 is 0 Å². The maximum absolute atomic E-state index is 4.24. The van der Waals surface area contributed by atoms with E-state index in [0.29, 0.717) is 12.0 Å². The number of pyridine rings is 1. The zero-order chi connectivity index (χ0) is 13.0. The summed E-state index contributed by atoms with van der Waals surface area (Å²) in [6.07, 6.45) is 6.11. The number of aromatic nitrogens is 1. The van der Waals surface area contributed by atoms with Crippen LogP contribution in [0.2, 0.25) is 0 Å². The molecular formula is C16H22N2. The minimum Gasteiger partial charge on any atom is -0.317 e. The Labute approximate surface area is 109 Å². The molecule has 1 heterocycles. The molecule has 0 saturated heterocycles. The Morgan fingerprint density at radius 3 is 2.78 bits per heavy atom. The minimum absolute atomic E-state index is 0.580. The molecule has 1 N–H and O–H groups in total. The van der Waals surface area contributed by atoms with Crippen LogP contribution in [0.15, 0.2) is 36.7 Å². The van der Waals surface area contributed by atoms with Gasteiger partial charge in [-0.2, -0.15) is 0 Å². The van der Waals surface area contributed by atoms with Gasteiger partial charge in [-0.05, 0) is 42.8 Å². The predicted octanol–water partition coefficient (Wildman–Crippen LogP) is 3.41. The van der Waals surface area contributed by atoms with Crippen molar-refractivity contribution in [3.63, 3.8) is 0 Å². The van der Waals surface area contributed by atoms with Gasteiger partial charge in [-0.15, -0.1) is 0 Å². The highest BCUT2D eigenvalue weighted by Crippen LogP contribution is 2.20. The van der Waals surface area contributed by atoms with E-state index < -0.39 is 0 Å². The number of nitrogens with one attached hydrogen (secondary N) is 1. The second-order valence-corrected chi connectivity index (χ2v) is 5.19. The van der Waals surface area contributed by atoms with Gasteiger partial charge in [0.25, 0.3) is 0 Å². The van der Waals surface area contributed by atoms with Crippen LogP contribution < -0.4 is 5.32 Å². The van der Waals surface area contributed by atoms with Crippen molar-refractivity contribution >= 4 is 10.8 Å². The second kappa shape index (κ2) is 5.96. The molecule has 0 bridgehead atoms. The number of hydrogen-bond donors (Lipinski definition) is 1. The Hall–Kier alpha value is -1.41. The highest BCUT2D eigenvalue weighted by atomic mass is 14.9. The van der Waals surface area contributed by atoms with Crippen LogP contribution in [0, 0.1) is 5.92 Å². The van der Waals surface area contributed by atoms with E-state index in [4.69, 9.17) is 0 Å². The molecule has 2 rings (SSSR count). The van der Waals surface area contributed by atoms with Crippen molar-refractivity contribution in [3.05, 3.63) is 42.2 Å². The highest BCUT2D eigenvalue weighted by molar-refractivity contribution is 5.84. The summed E-state index contributed by atoms with van der Waals surface area (Å²) in [7, 11) is 2.05. The maximum atomic E-state index is 4.24. The van der Waals surface area contributed by atoms with Crippen LogP contribution in [0.3, 0.4) is 0 Å². The van der Waals surface area contributed by atoms with E-state index >= 15 is 0 Å².